The molecule has 0 N–H and O–H groups in total. The standard InChI is InChI=1S/C5H5.C5H8.5CH3.Os.H/c1-2-4-5-3-1;1-4-5(2)3;;;;;;;/h1-3H,4H2;4H,1-2H2,3H3;5*1H3;;/q;;;;;;;;-1. The number of hydrogen-bond donors (Lipinski definition) is 0. The van der Waals surface area contributed by atoms with Crippen LogP contribution in [0.15, 0.2) is 47.2 Å². The van der Waals surface area contributed by atoms with E-state index in [4.69, 9.17) is 0 Å². The summed E-state index contributed by atoms with van der Waals surface area (Å²) < 4.78 is 1.70. The van der Waals surface area contributed by atoms with E-state index in [1.165, 1.54) is 6.42 Å². The second-order valence-corrected chi connectivity index (χ2v) is 40.1. The Morgan fingerprint density at radius 2 is 1.75 bits per heavy atom. The van der Waals surface area contributed by atoms with Crippen molar-refractivity contribution in [2.75, 3.05) is 0 Å². The summed E-state index contributed by atoms with van der Waals surface area (Å²) in [5, 5.41) is 0. The zero-order valence-electron chi connectivity index (χ0n) is 12.8. The maximum Gasteiger partial charge on any atom is -1.00 e. The van der Waals surface area contributed by atoms with Crippen LogP contribution in [0.3, 0.4) is 0 Å². The quantitative estimate of drug-likeness (QED) is 0.488. The van der Waals surface area contributed by atoms with Crippen LogP contribution in [-0.2, 0) is 12.6 Å². The first kappa shape index (κ1) is 15.6. The smallest absolute Gasteiger partial charge is 1.00 e. The zero-order valence-corrected chi connectivity index (χ0v) is 14.3. The molecule has 0 aromatic rings. The second-order valence-electron chi connectivity index (χ2n) is 6.70. The molecule has 0 nitrogen and oxygen atoms in total. The minimum atomic E-state index is -2.66. The predicted molar refractivity (Wildman–Crippen MR) is 77.3 cm³/mol. The average molecular weight is 400 g/mol. The molecule has 0 spiro atoms. The van der Waals surface area contributed by atoms with Crippen LogP contribution < -0.4 is 0 Å². The Balaban J connectivity index is 0. The molecule has 0 saturated carbocycles. The molecule has 98 valence electrons. The van der Waals surface area contributed by atoms with Crippen molar-refractivity contribution in [2.45, 2.75) is 40.7 Å². The molecule has 1 aliphatic carbocycles. The topological polar surface area (TPSA) is 0 Å². The molecule has 0 aliphatic heterocycles. The largest absolute Gasteiger partial charge is 1.00 e. The van der Waals surface area contributed by atoms with Gasteiger partial charge in [-0.15, -0.1) is 0 Å². The molecule has 1 rings (SSSR count). The monoisotopic (exact) mass is 401 g/mol. The predicted octanol–water partition coefficient (Wildman–Crippen LogP) is 6.16. The van der Waals surface area contributed by atoms with E-state index in [1.54, 1.807) is 10.2 Å². The van der Waals surface area contributed by atoms with Gasteiger partial charge in [0.2, 0.25) is 0 Å². The van der Waals surface area contributed by atoms with Crippen molar-refractivity contribution >= 4 is 0 Å². The first-order chi connectivity index (χ1) is 6.86. The van der Waals surface area contributed by atoms with E-state index in [1.807, 2.05) is 6.92 Å². The van der Waals surface area contributed by atoms with Crippen LogP contribution in [0.1, 0.15) is 14.8 Å². The summed E-state index contributed by atoms with van der Waals surface area (Å²) in [6.07, 6.45) is 9.71. The van der Waals surface area contributed by atoms with Crippen molar-refractivity contribution < 1.29 is 14.1 Å². The third-order valence-corrected chi connectivity index (χ3v) is 11.3. The fraction of sp³-hybridized carbons (Fsp3) is 0.467. The first-order valence-electron chi connectivity index (χ1n) is 5.21. The van der Waals surface area contributed by atoms with Gasteiger partial charge in [-0.1, -0.05) is 24.8 Å². The maximum absolute atomic E-state index is 3.56. The van der Waals surface area contributed by atoms with Crippen molar-refractivity contribution in [2.24, 2.45) is 0 Å². The van der Waals surface area contributed by atoms with Gasteiger partial charge in [-0.05, 0) is 6.92 Å². The van der Waals surface area contributed by atoms with Crippen LogP contribution in [0.25, 0.3) is 0 Å². The molecule has 0 heterocycles. The molecule has 0 bridgehead atoms. The van der Waals surface area contributed by atoms with Crippen LogP contribution in [0.5, 0.6) is 0 Å². The van der Waals surface area contributed by atoms with Crippen LogP contribution in [0.4, 0.5) is 0 Å². The molecule has 0 unspecified atom stereocenters. The fourth-order valence-corrected chi connectivity index (χ4v) is 6.33. The van der Waals surface area contributed by atoms with E-state index < -0.39 is 12.6 Å². The Bertz CT molecular complexity index is 349. The van der Waals surface area contributed by atoms with Gasteiger partial charge < -0.3 is 1.43 Å². The molecule has 0 aromatic carbocycles. The van der Waals surface area contributed by atoms with Gasteiger partial charge in [-0.3, -0.25) is 0 Å². The zero-order chi connectivity index (χ0) is 13.1. The first-order valence-corrected chi connectivity index (χ1v) is 19.2. The molecule has 0 atom stereocenters. The maximum atomic E-state index is 3.56. The van der Waals surface area contributed by atoms with E-state index in [0.717, 1.165) is 5.57 Å². The fourth-order valence-electron chi connectivity index (χ4n) is 1.07. The van der Waals surface area contributed by atoms with Crippen LogP contribution in [0.2, 0.25) is 27.4 Å². The molecule has 1 heteroatoms. The van der Waals surface area contributed by atoms with Crippen molar-refractivity contribution in [3.05, 3.63) is 47.2 Å². The minimum absolute atomic E-state index is 0. The third-order valence-electron chi connectivity index (χ3n) is 2.20. The van der Waals surface area contributed by atoms with Gasteiger partial charge in [0.05, 0.1) is 0 Å². The summed E-state index contributed by atoms with van der Waals surface area (Å²) in [6.45, 7) is 8.93. The summed E-state index contributed by atoms with van der Waals surface area (Å²) in [4.78, 5) is 0. The normalized spacial score (nSPS) is 18.8. The Morgan fingerprint density at radius 3 is 1.88 bits per heavy atom. The van der Waals surface area contributed by atoms with E-state index in [2.05, 4.69) is 58.8 Å². The number of allylic oxidation sites excluding steroid dienone is 6. The van der Waals surface area contributed by atoms with Gasteiger partial charge in [-0.2, -0.15) is 0 Å². The molecular weight excluding hydrogens is 370 g/mol. The van der Waals surface area contributed by atoms with Crippen molar-refractivity contribution in [1.29, 1.82) is 0 Å². The molecule has 0 saturated heterocycles. The number of hydrogen-bond acceptors (Lipinski definition) is 0. The molecular formula is C15H29Os-. The summed E-state index contributed by atoms with van der Waals surface area (Å²) in [5.74, 6) is 0. The Hall–Kier alpha value is -0.404. The molecule has 0 fully saturated rings. The average Bonchev–Trinajstić information content (AvgIpc) is 2.53. The summed E-state index contributed by atoms with van der Waals surface area (Å²) >= 11 is -2.66. The third kappa shape index (κ3) is 6.24. The summed E-state index contributed by atoms with van der Waals surface area (Å²) in [6, 6.07) is 0. The SMILES string of the molecule is C=CC(=C)C.[CH3][Os]([CH3])([CH3])([CH3])([CH3])[C]1=CC=CC1.[H-]. The van der Waals surface area contributed by atoms with Gasteiger partial charge in [0.25, 0.3) is 0 Å². The molecule has 1 aliphatic rings. The van der Waals surface area contributed by atoms with E-state index in [9.17, 15) is 0 Å². The van der Waals surface area contributed by atoms with Crippen molar-refractivity contribution in [3.8, 4) is 0 Å². The number of rotatable bonds is 2. The van der Waals surface area contributed by atoms with Gasteiger partial charge in [-0.25, -0.2) is 0 Å². The Labute approximate surface area is 102 Å². The molecule has 0 radical (unpaired) electrons. The van der Waals surface area contributed by atoms with Crippen LogP contribution in [-0.4, -0.2) is 0 Å². The van der Waals surface area contributed by atoms with Gasteiger partial charge in [0.15, 0.2) is 0 Å². The van der Waals surface area contributed by atoms with Crippen molar-refractivity contribution in [1.82, 2.24) is 0 Å². The van der Waals surface area contributed by atoms with E-state index >= 15 is 0 Å². The molecule has 16 heavy (non-hydrogen) atoms. The van der Waals surface area contributed by atoms with E-state index in [0.29, 0.717) is 0 Å². The van der Waals surface area contributed by atoms with Crippen LogP contribution >= 0.6 is 0 Å². The second kappa shape index (κ2) is 4.12. The summed E-state index contributed by atoms with van der Waals surface area (Å²) in [5.41, 5.74) is 13.5. The van der Waals surface area contributed by atoms with Crippen molar-refractivity contribution in [3.63, 3.8) is 0 Å². The summed E-state index contributed by atoms with van der Waals surface area (Å²) in [7, 11) is 0. The Kier molecular flexibility index (Phi) is 4.01. The van der Waals surface area contributed by atoms with Gasteiger partial charge >= 0.3 is 68.8 Å². The van der Waals surface area contributed by atoms with Crippen LogP contribution in [0, 0.1) is 0 Å². The van der Waals surface area contributed by atoms with E-state index in [-0.39, 0.29) is 1.43 Å². The minimum Gasteiger partial charge on any atom is -1.00 e. The molecule has 0 amide bonds. The van der Waals surface area contributed by atoms with Gasteiger partial charge in [0, 0.05) is 0 Å². The van der Waals surface area contributed by atoms with Gasteiger partial charge in [0.1, 0.15) is 0 Å². The Morgan fingerprint density at radius 1 is 1.31 bits per heavy atom. The molecule has 0 aromatic heterocycles.